The van der Waals surface area contributed by atoms with Crippen LogP contribution in [0, 0.1) is 0 Å². The molecule has 0 saturated carbocycles. The van der Waals surface area contributed by atoms with Crippen molar-refractivity contribution < 1.29 is 4.74 Å². The first-order chi connectivity index (χ1) is 9.63. The number of hydrogen-bond donors (Lipinski definition) is 1. The predicted molar refractivity (Wildman–Crippen MR) is 80.4 cm³/mol. The van der Waals surface area contributed by atoms with Crippen molar-refractivity contribution in [2.45, 2.75) is 44.9 Å². The highest BCUT2D eigenvalue weighted by molar-refractivity contribution is 5.42. The first kappa shape index (κ1) is 13.2. The first-order valence-electron chi connectivity index (χ1n) is 7.34. The van der Waals surface area contributed by atoms with Gasteiger partial charge in [-0.25, -0.2) is 0 Å². The highest BCUT2D eigenvalue weighted by atomic mass is 16.5. The number of nitrogens with zero attached hydrogens (tertiary/aromatic N) is 1. The molecule has 0 spiro atoms. The molecule has 3 rings (SSSR count). The molecule has 1 N–H and O–H groups in total. The van der Waals surface area contributed by atoms with Crippen LogP contribution in [-0.2, 0) is 18.3 Å². The fraction of sp³-hybridized carbons (Fsp3) is 0.471. The molecule has 0 fully saturated rings. The van der Waals surface area contributed by atoms with E-state index in [0.29, 0.717) is 0 Å². The highest BCUT2D eigenvalue weighted by Gasteiger charge is 2.31. The number of aromatic amines is 1. The first-order valence-corrected chi connectivity index (χ1v) is 7.34. The number of benzene rings is 1. The summed E-state index contributed by atoms with van der Waals surface area (Å²) < 4.78 is 5.24. The van der Waals surface area contributed by atoms with Crippen molar-refractivity contribution in [1.82, 2.24) is 10.2 Å². The number of hydrogen-bond acceptors (Lipinski definition) is 2. The zero-order valence-corrected chi connectivity index (χ0v) is 12.5. The van der Waals surface area contributed by atoms with Crippen LogP contribution in [0.3, 0.4) is 0 Å². The number of aromatic nitrogens is 2. The second-order valence-electron chi connectivity index (χ2n) is 6.09. The van der Waals surface area contributed by atoms with Gasteiger partial charge in [-0.1, -0.05) is 26.0 Å². The number of fused-ring (bicyclic) bond motifs is 1. The smallest absolute Gasteiger partial charge is 0.118 e. The average molecular weight is 270 g/mol. The van der Waals surface area contributed by atoms with Gasteiger partial charge in [0.05, 0.1) is 12.8 Å². The van der Waals surface area contributed by atoms with E-state index in [1.165, 1.54) is 35.4 Å². The van der Waals surface area contributed by atoms with Gasteiger partial charge in [-0.2, -0.15) is 5.10 Å². The zero-order valence-electron chi connectivity index (χ0n) is 12.5. The maximum absolute atomic E-state index is 5.24. The molecule has 2 aromatic rings. The molecule has 0 atom stereocenters. The minimum absolute atomic E-state index is 0.0757. The summed E-state index contributed by atoms with van der Waals surface area (Å²) in [6.07, 6.45) is 4.84. The van der Waals surface area contributed by atoms with Crippen molar-refractivity contribution >= 4 is 0 Å². The quantitative estimate of drug-likeness (QED) is 0.925. The lowest BCUT2D eigenvalue weighted by Gasteiger charge is -2.26. The van der Waals surface area contributed by atoms with Crippen LogP contribution in [0.25, 0.3) is 0 Å². The van der Waals surface area contributed by atoms with Gasteiger partial charge < -0.3 is 4.74 Å². The Morgan fingerprint density at radius 3 is 2.50 bits per heavy atom. The van der Waals surface area contributed by atoms with Crippen LogP contribution in [0.1, 0.15) is 49.2 Å². The van der Waals surface area contributed by atoms with Crippen molar-refractivity contribution in [1.29, 1.82) is 0 Å². The second kappa shape index (κ2) is 4.97. The molecule has 1 aromatic carbocycles. The summed E-state index contributed by atoms with van der Waals surface area (Å²) >= 11 is 0. The largest absolute Gasteiger partial charge is 0.497 e. The molecule has 3 nitrogen and oxygen atoms in total. The molecule has 0 saturated heterocycles. The molecule has 1 aromatic heterocycles. The summed E-state index contributed by atoms with van der Waals surface area (Å²) in [7, 11) is 1.70. The number of aryl methyl sites for hydroxylation is 1. The van der Waals surface area contributed by atoms with Crippen LogP contribution < -0.4 is 4.74 Å². The van der Waals surface area contributed by atoms with E-state index in [1.54, 1.807) is 7.11 Å². The van der Waals surface area contributed by atoms with Crippen LogP contribution in [-0.4, -0.2) is 17.3 Å². The standard InChI is InChI=1S/C17H22N2O/c1-17(2,12-8-10-13(20-3)11-9-12)16-14-6-4-5-7-15(14)18-19-16/h8-11H,4-7H2,1-3H3,(H,18,19). The molecule has 20 heavy (non-hydrogen) atoms. The van der Waals surface area contributed by atoms with Crippen molar-refractivity contribution in [2.75, 3.05) is 7.11 Å². The van der Waals surface area contributed by atoms with E-state index in [0.717, 1.165) is 18.6 Å². The van der Waals surface area contributed by atoms with Gasteiger partial charge in [0.1, 0.15) is 5.75 Å². The Balaban J connectivity index is 2.00. The van der Waals surface area contributed by atoms with Crippen LogP contribution in [0.5, 0.6) is 5.75 Å². The van der Waals surface area contributed by atoms with Crippen molar-refractivity contribution in [3.8, 4) is 5.75 Å². The van der Waals surface area contributed by atoms with E-state index in [-0.39, 0.29) is 5.41 Å². The van der Waals surface area contributed by atoms with Gasteiger partial charge in [0, 0.05) is 11.1 Å². The maximum atomic E-state index is 5.24. The maximum Gasteiger partial charge on any atom is 0.118 e. The van der Waals surface area contributed by atoms with E-state index in [2.05, 4.69) is 36.2 Å². The lowest BCUT2D eigenvalue weighted by atomic mass is 9.78. The summed E-state index contributed by atoms with van der Waals surface area (Å²) in [6.45, 7) is 4.50. The molecule has 1 aliphatic carbocycles. The predicted octanol–water partition coefficient (Wildman–Crippen LogP) is 3.62. The SMILES string of the molecule is COc1ccc(C(C)(C)c2n[nH]c3c2CCCC3)cc1. The average Bonchev–Trinajstić information content (AvgIpc) is 2.92. The van der Waals surface area contributed by atoms with Crippen LogP contribution in [0.2, 0.25) is 0 Å². The van der Waals surface area contributed by atoms with Crippen molar-refractivity contribution in [3.05, 3.63) is 46.8 Å². The summed E-state index contributed by atoms with van der Waals surface area (Å²) in [5, 5.41) is 7.88. The molecule has 106 valence electrons. The Labute approximate surface area is 120 Å². The lowest BCUT2D eigenvalue weighted by molar-refractivity contribution is 0.414. The minimum atomic E-state index is -0.0757. The Morgan fingerprint density at radius 1 is 1.10 bits per heavy atom. The monoisotopic (exact) mass is 270 g/mol. The number of nitrogens with one attached hydrogen (secondary N) is 1. The third-order valence-corrected chi connectivity index (χ3v) is 4.46. The topological polar surface area (TPSA) is 37.9 Å². The lowest BCUT2D eigenvalue weighted by Crippen LogP contribution is -2.22. The minimum Gasteiger partial charge on any atom is -0.497 e. The van der Waals surface area contributed by atoms with Gasteiger partial charge in [0.2, 0.25) is 0 Å². The Bertz CT molecular complexity index is 596. The number of ether oxygens (including phenoxy) is 1. The van der Waals surface area contributed by atoms with E-state index in [4.69, 9.17) is 4.74 Å². The molecule has 1 aliphatic rings. The van der Waals surface area contributed by atoms with Gasteiger partial charge in [0.25, 0.3) is 0 Å². The van der Waals surface area contributed by atoms with Crippen LogP contribution in [0.4, 0.5) is 0 Å². The van der Waals surface area contributed by atoms with E-state index in [9.17, 15) is 0 Å². The fourth-order valence-electron chi connectivity index (χ4n) is 3.14. The molecular formula is C17H22N2O. The molecule has 3 heteroatoms. The van der Waals surface area contributed by atoms with E-state index < -0.39 is 0 Å². The third-order valence-electron chi connectivity index (χ3n) is 4.46. The highest BCUT2D eigenvalue weighted by Crippen LogP contribution is 2.36. The molecule has 0 radical (unpaired) electrons. The van der Waals surface area contributed by atoms with Crippen LogP contribution >= 0.6 is 0 Å². The van der Waals surface area contributed by atoms with Crippen molar-refractivity contribution in [2.24, 2.45) is 0 Å². The number of H-pyrrole nitrogens is 1. The number of rotatable bonds is 3. The van der Waals surface area contributed by atoms with Crippen molar-refractivity contribution in [3.63, 3.8) is 0 Å². The third kappa shape index (κ3) is 2.11. The summed E-state index contributed by atoms with van der Waals surface area (Å²) in [5.74, 6) is 0.897. The van der Waals surface area contributed by atoms with Gasteiger partial charge >= 0.3 is 0 Å². The second-order valence-corrected chi connectivity index (χ2v) is 6.09. The molecule has 0 aliphatic heterocycles. The number of methoxy groups -OCH3 is 1. The summed E-state index contributed by atoms with van der Waals surface area (Å²) in [6, 6.07) is 8.33. The zero-order chi connectivity index (χ0) is 14.2. The van der Waals surface area contributed by atoms with Gasteiger partial charge in [-0.15, -0.1) is 0 Å². The van der Waals surface area contributed by atoms with Gasteiger partial charge in [-0.05, 0) is 48.9 Å². The molecular weight excluding hydrogens is 248 g/mol. The molecule has 0 unspecified atom stereocenters. The van der Waals surface area contributed by atoms with Gasteiger partial charge in [0.15, 0.2) is 0 Å². The fourth-order valence-corrected chi connectivity index (χ4v) is 3.14. The van der Waals surface area contributed by atoms with Gasteiger partial charge in [-0.3, -0.25) is 5.10 Å². The molecule has 1 heterocycles. The Kier molecular flexibility index (Phi) is 3.28. The Hall–Kier alpha value is -1.77. The van der Waals surface area contributed by atoms with Crippen LogP contribution in [0.15, 0.2) is 24.3 Å². The Morgan fingerprint density at radius 2 is 1.80 bits per heavy atom. The van der Waals surface area contributed by atoms with E-state index in [1.807, 2.05) is 12.1 Å². The van der Waals surface area contributed by atoms with E-state index >= 15 is 0 Å². The molecule has 0 amide bonds. The summed E-state index contributed by atoms with van der Waals surface area (Å²) in [5.41, 5.74) is 5.19. The normalized spacial score (nSPS) is 14.9. The summed E-state index contributed by atoms with van der Waals surface area (Å²) in [4.78, 5) is 0. The molecule has 0 bridgehead atoms.